The van der Waals surface area contributed by atoms with E-state index in [4.69, 9.17) is 8.92 Å². The predicted molar refractivity (Wildman–Crippen MR) is 148 cm³/mol. The van der Waals surface area contributed by atoms with Crippen LogP contribution >= 0.6 is 0 Å². The molecule has 0 N–H and O–H groups in total. The number of hydrogen-bond acceptors (Lipinski definition) is 8. The van der Waals surface area contributed by atoms with Crippen LogP contribution in [0.3, 0.4) is 0 Å². The summed E-state index contributed by atoms with van der Waals surface area (Å²) in [5.41, 5.74) is 1.35. The zero-order chi connectivity index (χ0) is 29.2. The molecule has 2 saturated heterocycles. The van der Waals surface area contributed by atoms with Gasteiger partial charge in [-0.15, -0.1) is 6.58 Å². The Morgan fingerprint density at radius 1 is 1.23 bits per heavy atom. The third-order valence-corrected chi connectivity index (χ3v) is 8.10. The number of aryl methyl sites for hydroxylation is 1. The van der Waals surface area contributed by atoms with E-state index >= 15 is 0 Å². The average molecular weight is 584 g/mol. The lowest BCUT2D eigenvalue weighted by Gasteiger charge is -2.49. The van der Waals surface area contributed by atoms with Gasteiger partial charge < -0.3 is 14.5 Å². The number of ether oxygens (including phenoxy) is 1. The number of hydrogen-bond donors (Lipinski definition) is 0. The van der Waals surface area contributed by atoms with E-state index in [1.54, 1.807) is 24.2 Å². The first kappa shape index (κ1) is 30.1. The molecule has 0 unspecified atom stereocenters. The van der Waals surface area contributed by atoms with E-state index in [1.807, 2.05) is 22.7 Å². The number of piperidine rings is 1. The Kier molecular flexibility index (Phi) is 8.96. The number of halogens is 3. The van der Waals surface area contributed by atoms with Crippen LogP contribution in [0.1, 0.15) is 47.7 Å². The number of alkyl halides is 3. The molecular weight excluding hydrogens is 547 g/mol. The number of anilines is 2. The van der Waals surface area contributed by atoms with Crippen molar-refractivity contribution in [1.29, 1.82) is 0 Å². The average Bonchev–Trinajstić information content (AvgIpc) is 3.26. The number of rotatable bonds is 11. The lowest BCUT2D eigenvalue weighted by molar-refractivity contribution is -0.141. The van der Waals surface area contributed by atoms with E-state index in [9.17, 15) is 21.6 Å². The summed E-state index contributed by atoms with van der Waals surface area (Å²) < 4.78 is 78.6. The zero-order valence-corrected chi connectivity index (χ0v) is 23.8. The number of aromatic nitrogens is 3. The molecule has 0 saturated carbocycles. The van der Waals surface area contributed by atoms with Crippen LogP contribution in [0.15, 0.2) is 31.5 Å². The van der Waals surface area contributed by atoms with E-state index < -0.39 is 34.1 Å². The molecule has 4 heterocycles. The van der Waals surface area contributed by atoms with E-state index in [-0.39, 0.29) is 23.8 Å². The standard InChI is InChI=1S/C27H36F3N5O4S/c1-6-8-21-23(39-40(5,36)37)17-34(21)22-15-24(32-26(20(22)7-2)27(28,29)30)33-11-9-19(10-12-33)25-18(3)16-31-35(25)13-14-38-4/h6-7,15-16,19,21,23H,1-2,8-14,17H2,3-5H3/t21-,23-/m0/s1. The first-order chi connectivity index (χ1) is 18.9. The van der Waals surface area contributed by atoms with Crippen molar-refractivity contribution in [1.82, 2.24) is 14.8 Å². The van der Waals surface area contributed by atoms with Gasteiger partial charge in [-0.25, -0.2) is 4.98 Å². The van der Waals surface area contributed by atoms with Gasteiger partial charge in [0.2, 0.25) is 0 Å². The summed E-state index contributed by atoms with van der Waals surface area (Å²) >= 11 is 0. The molecule has 0 amide bonds. The van der Waals surface area contributed by atoms with Crippen LogP contribution in [-0.2, 0) is 31.8 Å². The van der Waals surface area contributed by atoms with Crippen molar-refractivity contribution in [2.75, 3.05) is 49.4 Å². The third kappa shape index (κ3) is 6.36. The van der Waals surface area contributed by atoms with Gasteiger partial charge in [0.1, 0.15) is 11.9 Å². The van der Waals surface area contributed by atoms with Crippen molar-refractivity contribution in [3.05, 3.63) is 54.0 Å². The molecule has 13 heteroatoms. The molecule has 0 aliphatic carbocycles. The minimum Gasteiger partial charge on any atom is -0.383 e. The van der Waals surface area contributed by atoms with Gasteiger partial charge in [0.15, 0.2) is 5.69 Å². The fourth-order valence-corrected chi connectivity index (χ4v) is 6.30. The first-order valence-electron chi connectivity index (χ1n) is 13.1. The maximum atomic E-state index is 14.2. The topological polar surface area (TPSA) is 89.8 Å². The molecule has 2 aromatic rings. The maximum Gasteiger partial charge on any atom is 0.434 e. The van der Waals surface area contributed by atoms with Crippen LogP contribution in [0.25, 0.3) is 6.08 Å². The fraction of sp³-hybridized carbons (Fsp3) is 0.556. The Labute approximate surface area is 233 Å². The monoisotopic (exact) mass is 583 g/mol. The van der Waals surface area contributed by atoms with Crippen LogP contribution < -0.4 is 9.80 Å². The van der Waals surface area contributed by atoms with Crippen molar-refractivity contribution < 1.29 is 30.5 Å². The van der Waals surface area contributed by atoms with Crippen molar-refractivity contribution >= 4 is 27.7 Å². The molecule has 4 rings (SSSR count). The molecule has 2 aromatic heterocycles. The van der Waals surface area contributed by atoms with Gasteiger partial charge in [0.05, 0.1) is 37.3 Å². The van der Waals surface area contributed by atoms with Crippen molar-refractivity contribution in [2.45, 2.75) is 57.0 Å². The SMILES string of the molecule is C=CC[C@H]1[C@@H](OS(C)(=O)=O)CN1c1cc(N2CCC(c3c(C)cnn3CCOC)CC2)nc(C(F)(F)F)c1C=C. The molecular formula is C27H36F3N5O4S. The Balaban J connectivity index is 1.63. The van der Waals surface area contributed by atoms with Gasteiger partial charge in [0, 0.05) is 50.0 Å². The Hall–Kier alpha value is -2.90. The van der Waals surface area contributed by atoms with Crippen molar-refractivity contribution in [2.24, 2.45) is 0 Å². The lowest BCUT2D eigenvalue weighted by Crippen LogP contribution is -2.62. The Morgan fingerprint density at radius 2 is 1.93 bits per heavy atom. The highest BCUT2D eigenvalue weighted by molar-refractivity contribution is 7.86. The molecule has 2 aliphatic heterocycles. The normalized spacial score (nSPS) is 20.4. The minimum absolute atomic E-state index is 0.111. The van der Waals surface area contributed by atoms with Gasteiger partial charge in [-0.3, -0.25) is 8.86 Å². The maximum absolute atomic E-state index is 14.2. The Morgan fingerprint density at radius 3 is 2.50 bits per heavy atom. The summed E-state index contributed by atoms with van der Waals surface area (Å²) in [5, 5.41) is 4.48. The lowest BCUT2D eigenvalue weighted by atomic mass is 9.91. The molecule has 220 valence electrons. The third-order valence-electron chi connectivity index (χ3n) is 7.50. The van der Waals surface area contributed by atoms with Crippen LogP contribution in [0.5, 0.6) is 0 Å². The summed E-state index contributed by atoms with van der Waals surface area (Å²) in [7, 11) is -2.10. The minimum atomic E-state index is -4.71. The van der Waals surface area contributed by atoms with Crippen LogP contribution in [-0.4, -0.2) is 74.9 Å². The fourth-order valence-electron chi connectivity index (χ4n) is 5.66. The largest absolute Gasteiger partial charge is 0.434 e. The van der Waals surface area contributed by atoms with Crippen LogP contribution in [0.2, 0.25) is 0 Å². The molecule has 0 aromatic carbocycles. The molecule has 2 fully saturated rings. The molecule has 0 spiro atoms. The van der Waals surface area contributed by atoms with Crippen LogP contribution in [0, 0.1) is 6.92 Å². The second-order valence-corrected chi connectivity index (χ2v) is 11.8. The van der Waals surface area contributed by atoms with Crippen molar-refractivity contribution in [3.63, 3.8) is 0 Å². The van der Waals surface area contributed by atoms with E-state index in [2.05, 4.69) is 23.2 Å². The molecule has 2 aliphatic rings. The summed E-state index contributed by atoms with van der Waals surface area (Å²) in [6.45, 7) is 11.7. The number of nitrogens with zero attached hydrogens (tertiary/aromatic N) is 5. The summed E-state index contributed by atoms with van der Waals surface area (Å²) in [6, 6.07) is 1.15. The van der Waals surface area contributed by atoms with Crippen molar-refractivity contribution in [3.8, 4) is 0 Å². The molecule has 0 bridgehead atoms. The molecule has 9 nitrogen and oxygen atoms in total. The highest BCUT2D eigenvalue weighted by Crippen LogP contribution is 2.43. The van der Waals surface area contributed by atoms with Gasteiger partial charge in [0.25, 0.3) is 10.1 Å². The predicted octanol–water partition coefficient (Wildman–Crippen LogP) is 4.39. The van der Waals surface area contributed by atoms with Gasteiger partial charge in [-0.2, -0.15) is 26.7 Å². The summed E-state index contributed by atoms with van der Waals surface area (Å²) in [5.74, 6) is 0.437. The molecule has 40 heavy (non-hydrogen) atoms. The van der Waals surface area contributed by atoms with Gasteiger partial charge >= 0.3 is 6.18 Å². The summed E-state index contributed by atoms with van der Waals surface area (Å²) in [6.07, 6.45) is 1.93. The number of methoxy groups -OCH3 is 1. The van der Waals surface area contributed by atoms with Crippen LogP contribution in [0.4, 0.5) is 24.7 Å². The van der Waals surface area contributed by atoms with E-state index in [1.165, 1.54) is 0 Å². The quantitative estimate of drug-likeness (QED) is 0.284. The van der Waals surface area contributed by atoms with E-state index in [0.29, 0.717) is 38.3 Å². The second-order valence-electron chi connectivity index (χ2n) is 10.2. The highest BCUT2D eigenvalue weighted by atomic mass is 32.2. The van der Waals surface area contributed by atoms with E-state index in [0.717, 1.165) is 36.4 Å². The Bertz CT molecular complexity index is 1340. The second kappa shape index (κ2) is 11.9. The van der Waals surface area contributed by atoms with Gasteiger partial charge in [-0.05, 0) is 31.7 Å². The molecule has 0 radical (unpaired) electrons. The zero-order valence-electron chi connectivity index (χ0n) is 23.0. The summed E-state index contributed by atoms with van der Waals surface area (Å²) in [4.78, 5) is 7.67. The number of pyridine rings is 1. The van der Waals surface area contributed by atoms with Gasteiger partial charge in [-0.1, -0.05) is 18.7 Å². The first-order valence-corrected chi connectivity index (χ1v) is 15.0. The molecule has 2 atom stereocenters. The smallest absolute Gasteiger partial charge is 0.383 e. The highest BCUT2D eigenvalue weighted by Gasteiger charge is 2.44.